The summed E-state index contributed by atoms with van der Waals surface area (Å²) in [6.45, 7) is 0.321. The van der Waals surface area contributed by atoms with Crippen LogP contribution in [0.4, 0.5) is 5.69 Å². The largest absolute Gasteiger partial charge is 0.346 e. The molecule has 0 aliphatic heterocycles. The maximum absolute atomic E-state index is 12.6. The second kappa shape index (κ2) is 9.51. The molecule has 6 nitrogen and oxygen atoms in total. The number of rotatable bonds is 6. The fraction of sp³-hybridized carbons (Fsp3) is 0.0435. The van der Waals surface area contributed by atoms with Crippen molar-refractivity contribution in [2.75, 3.05) is 5.32 Å². The fourth-order valence-electron chi connectivity index (χ4n) is 2.84. The lowest BCUT2D eigenvalue weighted by Gasteiger charge is -2.07. The van der Waals surface area contributed by atoms with Gasteiger partial charge in [-0.15, -0.1) is 11.3 Å². The SMILES string of the molecule is O=C(NCc1ccccn1)c1cccc(NC(=O)c2csc(-c3cccc(Cl)c3)n2)c1. The van der Waals surface area contributed by atoms with Gasteiger partial charge in [0.15, 0.2) is 0 Å². The van der Waals surface area contributed by atoms with E-state index < -0.39 is 0 Å². The Hall–Kier alpha value is -3.55. The van der Waals surface area contributed by atoms with Crippen molar-refractivity contribution in [3.63, 3.8) is 0 Å². The van der Waals surface area contributed by atoms with E-state index >= 15 is 0 Å². The molecule has 4 rings (SSSR count). The molecule has 0 radical (unpaired) electrons. The molecule has 0 saturated heterocycles. The summed E-state index contributed by atoms with van der Waals surface area (Å²) in [5.74, 6) is -0.603. The van der Waals surface area contributed by atoms with Crippen molar-refractivity contribution in [2.24, 2.45) is 0 Å². The summed E-state index contributed by atoms with van der Waals surface area (Å²) < 4.78 is 0. The molecule has 2 aromatic heterocycles. The first kappa shape index (κ1) is 20.7. The van der Waals surface area contributed by atoms with Crippen LogP contribution in [-0.2, 0) is 6.54 Å². The van der Waals surface area contributed by atoms with Crippen LogP contribution in [0.25, 0.3) is 10.6 Å². The molecule has 0 fully saturated rings. The van der Waals surface area contributed by atoms with Crippen molar-refractivity contribution in [1.82, 2.24) is 15.3 Å². The third-order valence-electron chi connectivity index (χ3n) is 4.35. The average Bonchev–Trinajstić information content (AvgIpc) is 3.29. The maximum atomic E-state index is 12.6. The van der Waals surface area contributed by atoms with E-state index in [4.69, 9.17) is 11.6 Å². The van der Waals surface area contributed by atoms with Crippen molar-refractivity contribution >= 4 is 40.4 Å². The molecular weight excluding hydrogens is 432 g/mol. The summed E-state index contributed by atoms with van der Waals surface area (Å²) in [6.07, 6.45) is 1.67. The normalized spacial score (nSPS) is 10.5. The Morgan fingerprint density at radius 3 is 2.65 bits per heavy atom. The van der Waals surface area contributed by atoms with Gasteiger partial charge in [-0.1, -0.05) is 35.9 Å². The van der Waals surface area contributed by atoms with Crippen molar-refractivity contribution in [3.8, 4) is 10.6 Å². The molecule has 2 N–H and O–H groups in total. The summed E-state index contributed by atoms with van der Waals surface area (Å²) in [4.78, 5) is 33.6. The van der Waals surface area contributed by atoms with Crippen LogP contribution >= 0.6 is 22.9 Å². The Bertz CT molecular complexity index is 1230. The first-order valence-corrected chi connectivity index (χ1v) is 10.7. The molecule has 31 heavy (non-hydrogen) atoms. The number of halogens is 1. The molecule has 0 aliphatic carbocycles. The van der Waals surface area contributed by atoms with Crippen molar-refractivity contribution < 1.29 is 9.59 Å². The number of amides is 2. The predicted molar refractivity (Wildman–Crippen MR) is 122 cm³/mol. The zero-order valence-corrected chi connectivity index (χ0v) is 17.8. The van der Waals surface area contributed by atoms with E-state index in [1.54, 1.807) is 48.0 Å². The second-order valence-electron chi connectivity index (χ2n) is 6.59. The molecule has 0 saturated carbocycles. The molecular formula is C23H17ClN4O2S. The third kappa shape index (κ3) is 5.33. The minimum atomic E-state index is -0.351. The molecule has 0 spiro atoms. The van der Waals surface area contributed by atoms with Crippen LogP contribution in [-0.4, -0.2) is 21.8 Å². The van der Waals surface area contributed by atoms with Crippen LogP contribution < -0.4 is 10.6 Å². The first-order chi connectivity index (χ1) is 15.1. The summed E-state index contributed by atoms with van der Waals surface area (Å²) in [5, 5.41) is 8.61. The molecule has 154 valence electrons. The van der Waals surface area contributed by atoms with Gasteiger partial charge >= 0.3 is 0 Å². The number of hydrogen-bond donors (Lipinski definition) is 2. The Labute approximate surface area is 188 Å². The van der Waals surface area contributed by atoms with Crippen LogP contribution in [0.3, 0.4) is 0 Å². The number of anilines is 1. The van der Waals surface area contributed by atoms with E-state index in [0.717, 1.165) is 11.3 Å². The number of aromatic nitrogens is 2. The van der Waals surface area contributed by atoms with E-state index in [1.165, 1.54) is 11.3 Å². The lowest BCUT2D eigenvalue weighted by molar-refractivity contribution is 0.0949. The number of benzene rings is 2. The highest BCUT2D eigenvalue weighted by molar-refractivity contribution is 7.13. The zero-order chi connectivity index (χ0) is 21.6. The lowest BCUT2D eigenvalue weighted by Crippen LogP contribution is -2.23. The number of nitrogens with one attached hydrogen (secondary N) is 2. The van der Waals surface area contributed by atoms with E-state index in [0.29, 0.717) is 33.5 Å². The van der Waals surface area contributed by atoms with Gasteiger partial charge in [0.05, 0.1) is 12.2 Å². The maximum Gasteiger partial charge on any atom is 0.275 e. The summed E-state index contributed by atoms with van der Waals surface area (Å²) in [7, 11) is 0. The minimum absolute atomic E-state index is 0.251. The number of hydrogen-bond acceptors (Lipinski definition) is 5. The molecule has 4 aromatic rings. The number of carbonyl (C=O) groups is 2. The topological polar surface area (TPSA) is 84.0 Å². The van der Waals surface area contributed by atoms with Gasteiger partial charge in [0.2, 0.25) is 0 Å². The zero-order valence-electron chi connectivity index (χ0n) is 16.2. The van der Waals surface area contributed by atoms with Crippen molar-refractivity contribution in [3.05, 3.63) is 100 Å². The number of pyridine rings is 1. The highest BCUT2D eigenvalue weighted by Gasteiger charge is 2.14. The van der Waals surface area contributed by atoms with Crippen molar-refractivity contribution in [1.29, 1.82) is 0 Å². The smallest absolute Gasteiger partial charge is 0.275 e. The molecule has 0 bridgehead atoms. The number of nitrogens with zero attached hydrogens (tertiary/aromatic N) is 2. The Kier molecular flexibility index (Phi) is 6.35. The number of thiazole rings is 1. The molecule has 8 heteroatoms. The molecule has 2 heterocycles. The Morgan fingerprint density at radius 2 is 1.84 bits per heavy atom. The molecule has 0 aliphatic rings. The van der Waals surface area contributed by atoms with E-state index in [9.17, 15) is 9.59 Å². The monoisotopic (exact) mass is 448 g/mol. The average molecular weight is 449 g/mol. The van der Waals surface area contributed by atoms with E-state index in [-0.39, 0.29) is 11.8 Å². The molecule has 0 atom stereocenters. The van der Waals surface area contributed by atoms with Crippen LogP contribution in [0.5, 0.6) is 0 Å². The van der Waals surface area contributed by atoms with Crippen LogP contribution in [0, 0.1) is 0 Å². The van der Waals surface area contributed by atoms with Crippen molar-refractivity contribution in [2.45, 2.75) is 6.54 Å². The van der Waals surface area contributed by atoms with Crippen LogP contribution in [0.2, 0.25) is 5.02 Å². The molecule has 0 unspecified atom stereocenters. The van der Waals surface area contributed by atoms with Gasteiger partial charge in [-0.2, -0.15) is 0 Å². The quantitative estimate of drug-likeness (QED) is 0.432. The minimum Gasteiger partial charge on any atom is -0.346 e. The molecule has 2 aromatic carbocycles. The second-order valence-corrected chi connectivity index (χ2v) is 7.88. The van der Waals surface area contributed by atoms with Gasteiger partial charge in [0.25, 0.3) is 11.8 Å². The Morgan fingerprint density at radius 1 is 0.968 bits per heavy atom. The fourth-order valence-corrected chi connectivity index (χ4v) is 3.83. The summed E-state index contributed by atoms with van der Waals surface area (Å²) in [5.41, 5.74) is 2.85. The van der Waals surface area contributed by atoms with E-state index in [2.05, 4.69) is 20.6 Å². The third-order valence-corrected chi connectivity index (χ3v) is 5.47. The van der Waals surface area contributed by atoms with Gasteiger partial charge in [-0.25, -0.2) is 4.98 Å². The van der Waals surface area contributed by atoms with Gasteiger partial charge < -0.3 is 10.6 Å². The van der Waals surface area contributed by atoms with Crippen LogP contribution in [0.15, 0.2) is 78.3 Å². The predicted octanol–water partition coefficient (Wildman–Crippen LogP) is 5.04. The van der Waals surface area contributed by atoms with Gasteiger partial charge in [-0.3, -0.25) is 14.6 Å². The summed E-state index contributed by atoms with van der Waals surface area (Å²) >= 11 is 7.39. The van der Waals surface area contributed by atoms with Gasteiger partial charge in [-0.05, 0) is 42.5 Å². The lowest BCUT2D eigenvalue weighted by atomic mass is 10.2. The van der Waals surface area contributed by atoms with Gasteiger partial charge in [0, 0.05) is 33.4 Å². The highest BCUT2D eigenvalue weighted by atomic mass is 35.5. The Balaban J connectivity index is 1.41. The molecule has 2 amide bonds. The summed E-state index contributed by atoms with van der Waals surface area (Å²) in [6, 6.07) is 19.6. The standard InChI is InChI=1S/C23H17ClN4O2S/c24-17-7-3-6-16(11-17)23-28-20(14-31-23)22(30)27-18-9-4-5-15(12-18)21(29)26-13-19-8-1-2-10-25-19/h1-12,14H,13H2,(H,26,29)(H,27,30). The first-order valence-electron chi connectivity index (χ1n) is 9.39. The highest BCUT2D eigenvalue weighted by Crippen LogP contribution is 2.26. The number of carbonyl (C=O) groups excluding carboxylic acids is 2. The van der Waals surface area contributed by atoms with Gasteiger partial charge in [0.1, 0.15) is 10.7 Å². The van der Waals surface area contributed by atoms with E-state index in [1.807, 2.05) is 30.3 Å². The van der Waals surface area contributed by atoms with Crippen LogP contribution in [0.1, 0.15) is 26.5 Å².